The summed E-state index contributed by atoms with van der Waals surface area (Å²) in [5.41, 5.74) is 0.890. The second-order valence-corrected chi connectivity index (χ2v) is 3.71. The largest absolute Gasteiger partial charge is 0.359 e. The molecule has 2 aromatic rings. The lowest BCUT2D eigenvalue weighted by atomic mass is 10.4. The van der Waals surface area contributed by atoms with E-state index in [1.54, 1.807) is 10.9 Å². The molecule has 2 heterocycles. The van der Waals surface area contributed by atoms with Gasteiger partial charge in [-0.2, -0.15) is 5.10 Å². The Bertz CT molecular complexity index is 369. The van der Waals surface area contributed by atoms with Gasteiger partial charge in [-0.05, 0) is 22.9 Å². The fourth-order valence-corrected chi connectivity index (χ4v) is 1.40. The molecular formula is C8H8BrN3O. The zero-order chi connectivity index (χ0) is 9.26. The molecule has 0 aromatic carbocycles. The summed E-state index contributed by atoms with van der Waals surface area (Å²) in [7, 11) is 0. The van der Waals surface area contributed by atoms with E-state index in [9.17, 15) is 0 Å². The third-order valence-corrected chi connectivity index (χ3v) is 2.01. The molecule has 0 aliphatic rings. The molecule has 0 radical (unpaired) electrons. The molecule has 4 nitrogen and oxygen atoms in total. The summed E-state index contributed by atoms with van der Waals surface area (Å²) in [6, 6.07) is 1.90. The number of hydrogen-bond donors (Lipinski definition) is 0. The van der Waals surface area contributed by atoms with Crippen LogP contribution >= 0.6 is 15.9 Å². The van der Waals surface area contributed by atoms with E-state index in [-0.39, 0.29) is 0 Å². The molecular weight excluding hydrogens is 234 g/mol. The van der Waals surface area contributed by atoms with Crippen molar-refractivity contribution in [3.8, 4) is 0 Å². The first-order valence-corrected chi connectivity index (χ1v) is 4.63. The first-order valence-electron chi connectivity index (χ1n) is 3.84. The Morgan fingerprint density at radius 3 is 3.00 bits per heavy atom. The molecule has 2 aromatic heterocycles. The highest BCUT2D eigenvalue weighted by molar-refractivity contribution is 9.10. The molecule has 0 fully saturated rings. The Morgan fingerprint density at radius 1 is 1.62 bits per heavy atom. The summed E-state index contributed by atoms with van der Waals surface area (Å²) >= 11 is 3.32. The fraction of sp³-hybridized carbons (Fsp3) is 0.250. The molecule has 0 bridgehead atoms. The first kappa shape index (κ1) is 8.50. The summed E-state index contributed by atoms with van der Waals surface area (Å²) < 4.78 is 7.79. The van der Waals surface area contributed by atoms with Crippen molar-refractivity contribution in [3.63, 3.8) is 0 Å². The van der Waals surface area contributed by atoms with Crippen LogP contribution in [0.2, 0.25) is 0 Å². The summed E-state index contributed by atoms with van der Waals surface area (Å²) in [6.45, 7) is 2.51. The minimum Gasteiger partial charge on any atom is -0.359 e. The second-order valence-electron chi connectivity index (χ2n) is 2.79. The Morgan fingerprint density at radius 2 is 2.46 bits per heavy atom. The van der Waals surface area contributed by atoms with Crippen LogP contribution in [-0.2, 0) is 6.54 Å². The molecule has 13 heavy (non-hydrogen) atoms. The maximum absolute atomic E-state index is 5.05. The third kappa shape index (κ3) is 1.98. The highest BCUT2D eigenvalue weighted by Gasteiger charge is 2.02. The van der Waals surface area contributed by atoms with Crippen molar-refractivity contribution >= 4 is 15.9 Å². The van der Waals surface area contributed by atoms with Crippen molar-refractivity contribution in [3.05, 3.63) is 34.4 Å². The van der Waals surface area contributed by atoms with Crippen molar-refractivity contribution < 1.29 is 4.52 Å². The fourth-order valence-electron chi connectivity index (χ4n) is 1.08. The molecule has 0 amide bonds. The Hall–Kier alpha value is -1.10. The molecule has 68 valence electrons. The molecule has 0 aliphatic carbocycles. The number of aromatic nitrogens is 3. The van der Waals surface area contributed by atoms with Crippen molar-refractivity contribution in [2.24, 2.45) is 0 Å². The molecule has 0 aliphatic heterocycles. The third-order valence-electron chi connectivity index (χ3n) is 1.60. The zero-order valence-electron chi connectivity index (χ0n) is 7.07. The molecule has 5 heteroatoms. The quantitative estimate of drug-likeness (QED) is 0.808. The zero-order valence-corrected chi connectivity index (χ0v) is 8.65. The van der Waals surface area contributed by atoms with E-state index in [4.69, 9.17) is 4.52 Å². The van der Waals surface area contributed by atoms with E-state index < -0.39 is 0 Å². The van der Waals surface area contributed by atoms with Gasteiger partial charge in [0.25, 0.3) is 0 Å². The van der Waals surface area contributed by atoms with E-state index in [1.165, 1.54) is 0 Å². The standard InChI is InChI=1S/C8H8BrN3O/c1-6-2-8(13-11-6)5-12-4-7(9)3-10-12/h2-4H,5H2,1H3. The highest BCUT2D eigenvalue weighted by Crippen LogP contribution is 2.09. The van der Waals surface area contributed by atoms with Crippen LogP contribution in [0.1, 0.15) is 11.5 Å². The van der Waals surface area contributed by atoms with Gasteiger partial charge in [0.15, 0.2) is 5.76 Å². The van der Waals surface area contributed by atoms with Crippen LogP contribution in [0.15, 0.2) is 27.5 Å². The lowest BCUT2D eigenvalue weighted by Gasteiger charge is -1.93. The normalized spacial score (nSPS) is 10.6. The van der Waals surface area contributed by atoms with Crippen LogP contribution in [0.4, 0.5) is 0 Å². The average molecular weight is 242 g/mol. The van der Waals surface area contributed by atoms with Gasteiger partial charge >= 0.3 is 0 Å². The monoisotopic (exact) mass is 241 g/mol. The van der Waals surface area contributed by atoms with Gasteiger partial charge in [0, 0.05) is 12.3 Å². The SMILES string of the molecule is Cc1cc(Cn2cc(Br)cn2)on1. The molecule has 0 spiro atoms. The van der Waals surface area contributed by atoms with Gasteiger partial charge < -0.3 is 4.52 Å². The summed E-state index contributed by atoms with van der Waals surface area (Å²) in [5.74, 6) is 0.813. The molecule has 2 rings (SSSR count). The van der Waals surface area contributed by atoms with E-state index >= 15 is 0 Å². The van der Waals surface area contributed by atoms with E-state index in [0.29, 0.717) is 6.54 Å². The molecule has 0 saturated carbocycles. The number of nitrogens with zero attached hydrogens (tertiary/aromatic N) is 3. The summed E-state index contributed by atoms with van der Waals surface area (Å²) in [4.78, 5) is 0. The first-order chi connectivity index (χ1) is 6.24. The van der Waals surface area contributed by atoms with Gasteiger partial charge in [0.2, 0.25) is 0 Å². The number of aryl methyl sites for hydroxylation is 1. The predicted molar refractivity (Wildman–Crippen MR) is 50.3 cm³/mol. The summed E-state index contributed by atoms with van der Waals surface area (Å²) in [5, 5.41) is 7.89. The molecule has 0 N–H and O–H groups in total. The van der Waals surface area contributed by atoms with Crippen molar-refractivity contribution in [2.45, 2.75) is 13.5 Å². The van der Waals surface area contributed by atoms with E-state index in [2.05, 4.69) is 26.2 Å². The molecule has 0 saturated heterocycles. The van der Waals surface area contributed by atoms with Gasteiger partial charge in [0.05, 0.1) is 16.4 Å². The molecule has 0 atom stereocenters. The molecule has 0 unspecified atom stereocenters. The van der Waals surface area contributed by atoms with Crippen LogP contribution in [0, 0.1) is 6.92 Å². The van der Waals surface area contributed by atoms with E-state index in [0.717, 1.165) is 15.9 Å². The van der Waals surface area contributed by atoms with Crippen molar-refractivity contribution in [1.82, 2.24) is 14.9 Å². The Balaban J connectivity index is 2.14. The van der Waals surface area contributed by atoms with Gasteiger partial charge in [-0.25, -0.2) is 0 Å². The maximum Gasteiger partial charge on any atom is 0.158 e. The topological polar surface area (TPSA) is 43.9 Å². The number of halogens is 1. The Kier molecular flexibility index (Phi) is 2.18. The Labute approximate surface area is 83.7 Å². The highest BCUT2D eigenvalue weighted by atomic mass is 79.9. The summed E-state index contributed by atoms with van der Waals surface area (Å²) in [6.07, 6.45) is 3.63. The van der Waals surface area contributed by atoms with E-state index in [1.807, 2.05) is 19.2 Å². The van der Waals surface area contributed by atoms with Crippen LogP contribution in [-0.4, -0.2) is 14.9 Å². The second kappa shape index (κ2) is 3.33. The van der Waals surface area contributed by atoms with Gasteiger partial charge in [-0.15, -0.1) is 0 Å². The minimum atomic E-state index is 0.618. The lowest BCUT2D eigenvalue weighted by Crippen LogP contribution is -1.97. The smallest absolute Gasteiger partial charge is 0.158 e. The van der Waals surface area contributed by atoms with Gasteiger partial charge in [-0.1, -0.05) is 5.16 Å². The average Bonchev–Trinajstić information content (AvgIpc) is 2.62. The maximum atomic E-state index is 5.05. The van der Waals surface area contributed by atoms with Crippen molar-refractivity contribution in [1.29, 1.82) is 0 Å². The number of hydrogen-bond acceptors (Lipinski definition) is 3. The van der Waals surface area contributed by atoms with Crippen LogP contribution < -0.4 is 0 Å². The van der Waals surface area contributed by atoms with Crippen LogP contribution in [0.3, 0.4) is 0 Å². The predicted octanol–water partition coefficient (Wildman–Crippen LogP) is 1.99. The van der Waals surface area contributed by atoms with Crippen molar-refractivity contribution in [2.75, 3.05) is 0 Å². The lowest BCUT2D eigenvalue weighted by molar-refractivity contribution is 0.368. The minimum absolute atomic E-state index is 0.618. The van der Waals surface area contributed by atoms with Crippen LogP contribution in [0.5, 0.6) is 0 Å². The number of rotatable bonds is 2. The van der Waals surface area contributed by atoms with Gasteiger partial charge in [-0.3, -0.25) is 4.68 Å². The van der Waals surface area contributed by atoms with Crippen LogP contribution in [0.25, 0.3) is 0 Å². The van der Waals surface area contributed by atoms with Gasteiger partial charge in [0.1, 0.15) is 6.54 Å².